The van der Waals surface area contributed by atoms with Crippen LogP contribution in [0.1, 0.15) is 53.9 Å². The molecule has 7 heteroatoms. The topological polar surface area (TPSA) is 108 Å². The average molecular weight is 343 g/mol. The van der Waals surface area contributed by atoms with Crippen molar-refractivity contribution in [3.05, 3.63) is 0 Å². The Morgan fingerprint density at radius 1 is 0.958 bits per heavy atom. The molecule has 3 unspecified atom stereocenters. The molecule has 0 aliphatic heterocycles. The fourth-order valence-electron chi connectivity index (χ4n) is 2.55. The molecular formula is C17H33N3O4. The smallest absolute Gasteiger partial charge is 0.326 e. The van der Waals surface area contributed by atoms with Gasteiger partial charge in [0, 0.05) is 0 Å². The molecule has 0 heterocycles. The lowest BCUT2D eigenvalue weighted by atomic mass is 10.0. The van der Waals surface area contributed by atoms with Crippen LogP contribution in [-0.2, 0) is 14.4 Å². The van der Waals surface area contributed by atoms with E-state index in [0.29, 0.717) is 19.3 Å². The molecule has 0 radical (unpaired) electrons. The Labute approximate surface area is 145 Å². The molecule has 0 fully saturated rings. The fourth-order valence-corrected chi connectivity index (χ4v) is 2.55. The largest absolute Gasteiger partial charge is 0.480 e. The zero-order valence-electron chi connectivity index (χ0n) is 15.7. The number of hydrogen-bond acceptors (Lipinski definition) is 4. The highest BCUT2D eigenvalue weighted by Crippen LogP contribution is 2.07. The summed E-state index contributed by atoms with van der Waals surface area (Å²) in [7, 11) is 1.70. The normalized spacial score (nSPS) is 15.0. The van der Waals surface area contributed by atoms with E-state index in [1.54, 1.807) is 7.05 Å². The maximum Gasteiger partial charge on any atom is 0.326 e. The van der Waals surface area contributed by atoms with Gasteiger partial charge in [-0.2, -0.15) is 0 Å². The van der Waals surface area contributed by atoms with E-state index in [-0.39, 0.29) is 17.7 Å². The number of hydrogen-bond donors (Lipinski definition) is 4. The summed E-state index contributed by atoms with van der Waals surface area (Å²) in [5, 5.41) is 17.5. The van der Waals surface area contributed by atoms with Gasteiger partial charge in [0.05, 0.1) is 6.04 Å². The molecule has 3 atom stereocenters. The van der Waals surface area contributed by atoms with Crippen molar-refractivity contribution in [2.75, 3.05) is 7.05 Å². The quantitative estimate of drug-likeness (QED) is 0.450. The highest BCUT2D eigenvalue weighted by atomic mass is 16.4. The number of aliphatic carboxylic acids is 1. The standard InChI is InChI=1S/C17H33N3O4/c1-7-8-12(19-16(22)14(18-6)11(4)5)15(21)20-13(17(23)24)9-10(2)3/h10-14,18H,7-9H2,1-6H3,(H,19,22)(H,20,21)(H,23,24). The van der Waals surface area contributed by atoms with Gasteiger partial charge in [-0.25, -0.2) is 4.79 Å². The van der Waals surface area contributed by atoms with Crippen LogP contribution in [-0.4, -0.2) is 48.1 Å². The molecule has 24 heavy (non-hydrogen) atoms. The molecule has 0 spiro atoms. The first-order valence-corrected chi connectivity index (χ1v) is 8.64. The second-order valence-corrected chi connectivity index (χ2v) is 6.89. The van der Waals surface area contributed by atoms with Crippen LogP contribution in [0.3, 0.4) is 0 Å². The van der Waals surface area contributed by atoms with Gasteiger partial charge in [-0.15, -0.1) is 0 Å². The van der Waals surface area contributed by atoms with Gasteiger partial charge in [-0.05, 0) is 31.7 Å². The number of carboxylic acids is 1. The number of carbonyl (C=O) groups is 3. The third-order valence-electron chi connectivity index (χ3n) is 3.79. The van der Waals surface area contributed by atoms with E-state index >= 15 is 0 Å². The highest BCUT2D eigenvalue weighted by molar-refractivity contribution is 5.91. The first-order chi connectivity index (χ1) is 11.1. The molecule has 0 bridgehead atoms. The van der Waals surface area contributed by atoms with E-state index in [1.165, 1.54) is 0 Å². The van der Waals surface area contributed by atoms with Crippen molar-refractivity contribution in [1.82, 2.24) is 16.0 Å². The Bertz CT molecular complexity index is 424. The predicted molar refractivity (Wildman–Crippen MR) is 93.5 cm³/mol. The molecule has 0 saturated heterocycles. The van der Waals surface area contributed by atoms with E-state index in [2.05, 4.69) is 16.0 Å². The molecule has 140 valence electrons. The second kappa shape index (κ2) is 11.0. The van der Waals surface area contributed by atoms with Crippen molar-refractivity contribution in [2.24, 2.45) is 11.8 Å². The third-order valence-corrected chi connectivity index (χ3v) is 3.79. The van der Waals surface area contributed by atoms with Crippen molar-refractivity contribution >= 4 is 17.8 Å². The van der Waals surface area contributed by atoms with Crippen molar-refractivity contribution in [3.63, 3.8) is 0 Å². The number of likely N-dealkylation sites (N-methyl/N-ethyl adjacent to an activating group) is 1. The fraction of sp³-hybridized carbons (Fsp3) is 0.824. The van der Waals surface area contributed by atoms with E-state index < -0.39 is 30.0 Å². The Hall–Kier alpha value is -1.63. The van der Waals surface area contributed by atoms with Crippen LogP contribution >= 0.6 is 0 Å². The van der Waals surface area contributed by atoms with Crippen molar-refractivity contribution in [3.8, 4) is 0 Å². The Balaban J connectivity index is 4.99. The number of carboxylic acid groups (broad SMARTS) is 1. The lowest BCUT2D eigenvalue weighted by Crippen LogP contribution is -2.55. The number of amides is 2. The summed E-state index contributed by atoms with van der Waals surface area (Å²) in [5.74, 6) is -1.55. The lowest BCUT2D eigenvalue weighted by molar-refractivity contribution is -0.142. The monoisotopic (exact) mass is 343 g/mol. The molecule has 0 aromatic rings. The summed E-state index contributed by atoms with van der Waals surface area (Å²) in [6, 6.07) is -2.08. The lowest BCUT2D eigenvalue weighted by Gasteiger charge is -2.25. The molecule has 0 aliphatic rings. The van der Waals surface area contributed by atoms with Gasteiger partial charge < -0.3 is 21.1 Å². The summed E-state index contributed by atoms with van der Waals surface area (Å²) in [5.41, 5.74) is 0. The maximum atomic E-state index is 12.4. The second-order valence-electron chi connectivity index (χ2n) is 6.89. The molecule has 0 rings (SSSR count). The zero-order chi connectivity index (χ0) is 18.9. The van der Waals surface area contributed by atoms with Crippen LogP contribution in [0, 0.1) is 11.8 Å². The number of rotatable bonds is 11. The van der Waals surface area contributed by atoms with Gasteiger partial charge in [0.2, 0.25) is 11.8 Å². The number of nitrogens with one attached hydrogen (secondary N) is 3. The molecule has 4 N–H and O–H groups in total. The van der Waals surface area contributed by atoms with Crippen LogP contribution < -0.4 is 16.0 Å². The molecule has 0 saturated carbocycles. The van der Waals surface area contributed by atoms with Gasteiger partial charge in [0.15, 0.2) is 0 Å². The van der Waals surface area contributed by atoms with Crippen LogP contribution in [0.25, 0.3) is 0 Å². The highest BCUT2D eigenvalue weighted by Gasteiger charge is 2.29. The van der Waals surface area contributed by atoms with E-state index in [1.807, 2.05) is 34.6 Å². The summed E-state index contributed by atoms with van der Waals surface area (Å²) in [4.78, 5) is 36.1. The minimum Gasteiger partial charge on any atom is -0.480 e. The van der Waals surface area contributed by atoms with E-state index in [0.717, 1.165) is 0 Å². The first-order valence-electron chi connectivity index (χ1n) is 8.64. The van der Waals surface area contributed by atoms with Gasteiger partial charge in [-0.1, -0.05) is 41.0 Å². The molecule has 2 amide bonds. The maximum absolute atomic E-state index is 12.4. The van der Waals surface area contributed by atoms with Crippen molar-refractivity contribution in [2.45, 2.75) is 72.0 Å². The van der Waals surface area contributed by atoms with E-state index in [9.17, 15) is 19.5 Å². The predicted octanol–water partition coefficient (Wildman–Crippen LogP) is 1.13. The molecule has 0 aliphatic carbocycles. The molecule has 0 aromatic heterocycles. The SMILES string of the molecule is CCCC(NC(=O)C(NC)C(C)C)C(=O)NC(CC(C)C)C(=O)O. The van der Waals surface area contributed by atoms with Crippen molar-refractivity contribution < 1.29 is 19.5 Å². The Morgan fingerprint density at radius 2 is 1.50 bits per heavy atom. The summed E-state index contributed by atoms with van der Waals surface area (Å²) >= 11 is 0. The van der Waals surface area contributed by atoms with Gasteiger partial charge in [0.25, 0.3) is 0 Å². The summed E-state index contributed by atoms with van der Waals surface area (Å²) in [6.07, 6.45) is 1.51. The Morgan fingerprint density at radius 3 is 1.88 bits per heavy atom. The first kappa shape index (κ1) is 22.4. The van der Waals surface area contributed by atoms with Crippen LogP contribution in [0.4, 0.5) is 0 Å². The zero-order valence-corrected chi connectivity index (χ0v) is 15.7. The molecule has 0 aromatic carbocycles. The Kier molecular flexibility index (Phi) is 10.3. The van der Waals surface area contributed by atoms with Crippen molar-refractivity contribution in [1.29, 1.82) is 0 Å². The summed E-state index contributed by atoms with van der Waals surface area (Å²) < 4.78 is 0. The minimum atomic E-state index is -1.06. The number of carbonyl (C=O) groups excluding carboxylic acids is 2. The summed E-state index contributed by atoms with van der Waals surface area (Å²) in [6.45, 7) is 9.53. The third kappa shape index (κ3) is 7.77. The molecular weight excluding hydrogens is 310 g/mol. The average Bonchev–Trinajstić information content (AvgIpc) is 2.45. The van der Waals surface area contributed by atoms with E-state index in [4.69, 9.17) is 0 Å². The molecule has 7 nitrogen and oxygen atoms in total. The van der Waals surface area contributed by atoms with Gasteiger partial charge in [-0.3, -0.25) is 9.59 Å². The van der Waals surface area contributed by atoms with Crippen LogP contribution in [0.5, 0.6) is 0 Å². The van der Waals surface area contributed by atoms with Crippen LogP contribution in [0.15, 0.2) is 0 Å². The minimum absolute atomic E-state index is 0.0769. The van der Waals surface area contributed by atoms with Gasteiger partial charge >= 0.3 is 5.97 Å². The van der Waals surface area contributed by atoms with Crippen LogP contribution in [0.2, 0.25) is 0 Å². The van der Waals surface area contributed by atoms with Gasteiger partial charge in [0.1, 0.15) is 12.1 Å².